The van der Waals surface area contributed by atoms with Crippen LogP contribution in [0.25, 0.3) is 33.5 Å². The zero-order valence-electron chi connectivity index (χ0n) is 20.6. The van der Waals surface area contributed by atoms with Gasteiger partial charge in [0.2, 0.25) is 5.95 Å². The first-order valence-electron chi connectivity index (χ1n) is 11.6. The Hall–Kier alpha value is -4.84. The van der Waals surface area contributed by atoms with Crippen LogP contribution in [0, 0.1) is 18.6 Å². The van der Waals surface area contributed by atoms with Crippen molar-refractivity contribution < 1.29 is 18.8 Å². The number of imidazole rings is 1. The average Bonchev–Trinajstić information content (AvgIpc) is 3.26. The van der Waals surface area contributed by atoms with Gasteiger partial charge in [0.05, 0.1) is 23.0 Å². The van der Waals surface area contributed by atoms with E-state index >= 15 is 0 Å². The molecule has 0 aliphatic heterocycles. The number of fused-ring (bicyclic) bond motifs is 1. The Balaban J connectivity index is 1.42. The number of anilines is 2. The van der Waals surface area contributed by atoms with Gasteiger partial charge in [-0.25, -0.2) is 34.2 Å². The lowest BCUT2D eigenvalue weighted by molar-refractivity contribution is 0.0706. The molecule has 0 atom stereocenters. The number of amides is 1. The third-order valence-corrected chi connectivity index (χ3v) is 5.89. The summed E-state index contributed by atoms with van der Waals surface area (Å²) in [5.74, 6) is -0.805. The Morgan fingerprint density at radius 3 is 2.42 bits per heavy atom. The van der Waals surface area contributed by atoms with Gasteiger partial charge in [0.25, 0.3) is 5.91 Å². The minimum absolute atomic E-state index is 0.0318. The Morgan fingerprint density at radius 1 is 0.947 bits per heavy atom. The molecule has 4 heterocycles. The number of hydrogen-bond donors (Lipinski definition) is 3. The van der Waals surface area contributed by atoms with Gasteiger partial charge in [-0.1, -0.05) is 0 Å². The van der Waals surface area contributed by atoms with Crippen molar-refractivity contribution in [3.63, 3.8) is 0 Å². The SMILES string of the molecule is Cc1nc2c(F)cc(-c3nc(Nc4ccc(-c5ccc(C(=O)NO)cn5)cn4)ncc3F)cc2n1C(C)C. The maximum atomic E-state index is 14.9. The number of aryl methyl sites for hydroxylation is 1. The van der Waals surface area contributed by atoms with Crippen LogP contribution in [0.1, 0.15) is 36.1 Å². The molecule has 0 fully saturated rings. The van der Waals surface area contributed by atoms with Gasteiger partial charge >= 0.3 is 0 Å². The van der Waals surface area contributed by atoms with E-state index < -0.39 is 17.5 Å². The summed E-state index contributed by atoms with van der Waals surface area (Å²) in [4.78, 5) is 32.6. The standard InChI is InChI=1S/C26H22F2N8O2/c1-13(2)36-14(3)32-24-18(27)8-17(9-21(24)36)23-19(28)12-31-26(34-23)33-22-7-5-15(10-30-22)20-6-4-16(11-29-20)25(37)35-38/h4-13,38H,1-3H3,(H,35,37)(H,30,31,33,34). The van der Waals surface area contributed by atoms with Gasteiger partial charge in [0.15, 0.2) is 11.6 Å². The average molecular weight is 517 g/mol. The van der Waals surface area contributed by atoms with Crippen LogP contribution >= 0.6 is 0 Å². The third kappa shape index (κ3) is 4.64. The molecule has 5 aromatic rings. The largest absolute Gasteiger partial charge is 0.326 e. The monoisotopic (exact) mass is 516 g/mol. The first kappa shape index (κ1) is 24.8. The zero-order valence-corrected chi connectivity index (χ0v) is 20.6. The van der Waals surface area contributed by atoms with Crippen molar-refractivity contribution in [2.24, 2.45) is 0 Å². The fourth-order valence-corrected chi connectivity index (χ4v) is 4.18. The van der Waals surface area contributed by atoms with Crippen LogP contribution < -0.4 is 10.8 Å². The van der Waals surface area contributed by atoms with E-state index in [4.69, 9.17) is 5.21 Å². The number of hydroxylamine groups is 1. The molecule has 1 aromatic carbocycles. The van der Waals surface area contributed by atoms with Crippen LogP contribution in [0.3, 0.4) is 0 Å². The van der Waals surface area contributed by atoms with Gasteiger partial charge in [-0.15, -0.1) is 0 Å². The molecule has 1 amide bonds. The van der Waals surface area contributed by atoms with Crippen LogP contribution in [0.5, 0.6) is 0 Å². The predicted octanol–water partition coefficient (Wildman–Crippen LogP) is 4.98. The lowest BCUT2D eigenvalue weighted by Crippen LogP contribution is -2.18. The van der Waals surface area contributed by atoms with Crippen molar-refractivity contribution in [1.29, 1.82) is 0 Å². The normalized spacial score (nSPS) is 11.2. The van der Waals surface area contributed by atoms with E-state index in [1.807, 2.05) is 18.4 Å². The molecule has 0 saturated heterocycles. The number of halogens is 2. The quantitative estimate of drug-likeness (QED) is 0.213. The molecule has 0 aliphatic rings. The van der Waals surface area contributed by atoms with E-state index in [9.17, 15) is 13.6 Å². The van der Waals surface area contributed by atoms with Crippen LogP contribution in [0.15, 0.2) is 55.0 Å². The predicted molar refractivity (Wildman–Crippen MR) is 136 cm³/mol. The summed E-state index contributed by atoms with van der Waals surface area (Å²) < 4.78 is 31.6. The first-order valence-corrected chi connectivity index (χ1v) is 11.6. The molecule has 0 spiro atoms. The minimum atomic E-state index is -0.700. The topological polar surface area (TPSA) is 131 Å². The van der Waals surface area contributed by atoms with Gasteiger partial charge in [-0.3, -0.25) is 15.0 Å². The highest BCUT2D eigenvalue weighted by Gasteiger charge is 2.18. The molecular formula is C26H22F2N8O2. The summed E-state index contributed by atoms with van der Waals surface area (Å²) in [5.41, 5.74) is 3.95. The number of carbonyl (C=O) groups excluding carboxylic acids is 1. The first-order chi connectivity index (χ1) is 18.2. The second-order valence-corrected chi connectivity index (χ2v) is 8.77. The van der Waals surface area contributed by atoms with Crippen molar-refractivity contribution in [1.82, 2.24) is 35.0 Å². The Kier molecular flexibility index (Phi) is 6.47. The fraction of sp³-hybridized carbons (Fsp3) is 0.154. The molecule has 3 N–H and O–H groups in total. The number of nitrogens with one attached hydrogen (secondary N) is 2. The number of rotatable bonds is 6. The summed E-state index contributed by atoms with van der Waals surface area (Å²) >= 11 is 0. The second kappa shape index (κ2) is 9.90. The Labute approximate surface area is 215 Å². The molecule has 38 heavy (non-hydrogen) atoms. The lowest BCUT2D eigenvalue weighted by atomic mass is 10.1. The molecule has 0 radical (unpaired) electrons. The summed E-state index contributed by atoms with van der Waals surface area (Å²) in [6.07, 6.45) is 3.90. The highest BCUT2D eigenvalue weighted by molar-refractivity contribution is 5.93. The van der Waals surface area contributed by atoms with Gasteiger partial charge in [-0.05, 0) is 57.2 Å². The van der Waals surface area contributed by atoms with Crippen molar-refractivity contribution in [3.05, 3.63) is 78.0 Å². The fourth-order valence-electron chi connectivity index (χ4n) is 4.18. The van der Waals surface area contributed by atoms with Crippen LogP contribution in [-0.2, 0) is 0 Å². The van der Waals surface area contributed by atoms with Gasteiger partial charge in [-0.2, -0.15) is 0 Å². The van der Waals surface area contributed by atoms with E-state index in [-0.39, 0.29) is 34.3 Å². The highest BCUT2D eigenvalue weighted by Crippen LogP contribution is 2.30. The number of nitrogens with zero attached hydrogens (tertiary/aromatic N) is 6. The van der Waals surface area contributed by atoms with E-state index in [1.165, 1.54) is 18.3 Å². The number of hydrogen-bond acceptors (Lipinski definition) is 8. The Morgan fingerprint density at radius 2 is 1.76 bits per heavy atom. The molecule has 4 aromatic heterocycles. The summed E-state index contributed by atoms with van der Waals surface area (Å²) in [7, 11) is 0. The van der Waals surface area contributed by atoms with Crippen LogP contribution in [-0.4, -0.2) is 40.6 Å². The van der Waals surface area contributed by atoms with Crippen molar-refractivity contribution in [3.8, 4) is 22.5 Å². The minimum Gasteiger partial charge on any atom is -0.326 e. The maximum absolute atomic E-state index is 14.9. The summed E-state index contributed by atoms with van der Waals surface area (Å²) in [6, 6.07) is 9.45. The van der Waals surface area contributed by atoms with Gasteiger partial charge in [0.1, 0.15) is 22.9 Å². The van der Waals surface area contributed by atoms with E-state index in [2.05, 4.69) is 30.2 Å². The molecule has 192 valence electrons. The van der Waals surface area contributed by atoms with E-state index in [0.29, 0.717) is 28.4 Å². The molecule has 0 saturated carbocycles. The van der Waals surface area contributed by atoms with E-state index in [0.717, 1.165) is 6.20 Å². The molecule has 10 nitrogen and oxygen atoms in total. The van der Waals surface area contributed by atoms with Crippen LogP contribution in [0.2, 0.25) is 0 Å². The van der Waals surface area contributed by atoms with Crippen LogP contribution in [0.4, 0.5) is 20.5 Å². The lowest BCUT2D eigenvalue weighted by Gasteiger charge is -2.12. The summed E-state index contributed by atoms with van der Waals surface area (Å²) in [5, 5.41) is 11.6. The van der Waals surface area contributed by atoms with Gasteiger partial charge < -0.3 is 9.88 Å². The number of pyridine rings is 2. The smallest absolute Gasteiger partial charge is 0.276 e. The molecule has 5 rings (SSSR count). The van der Waals surface area contributed by atoms with E-state index in [1.54, 1.807) is 42.9 Å². The Bertz CT molecular complexity index is 1650. The second-order valence-electron chi connectivity index (χ2n) is 8.77. The molecule has 0 aliphatic carbocycles. The van der Waals surface area contributed by atoms with Gasteiger partial charge in [0, 0.05) is 29.6 Å². The summed E-state index contributed by atoms with van der Waals surface area (Å²) in [6.45, 7) is 5.72. The highest BCUT2D eigenvalue weighted by atomic mass is 19.1. The molecule has 0 bridgehead atoms. The third-order valence-electron chi connectivity index (χ3n) is 5.89. The van der Waals surface area contributed by atoms with Crippen molar-refractivity contribution in [2.75, 3.05) is 5.32 Å². The number of carbonyl (C=O) groups is 1. The maximum Gasteiger partial charge on any atom is 0.276 e. The van der Waals surface area contributed by atoms with Crippen molar-refractivity contribution >= 4 is 28.7 Å². The molecule has 12 heteroatoms. The molecular weight excluding hydrogens is 494 g/mol. The number of aromatic nitrogens is 6. The zero-order chi connectivity index (χ0) is 27.0. The number of benzene rings is 1. The van der Waals surface area contributed by atoms with Crippen molar-refractivity contribution in [2.45, 2.75) is 26.8 Å². The molecule has 0 unspecified atom stereocenters.